The molecule has 0 radical (unpaired) electrons. The molecule has 6 heteroatoms. The van der Waals surface area contributed by atoms with Gasteiger partial charge in [-0.1, -0.05) is 42.5 Å². The number of esters is 1. The second kappa shape index (κ2) is 8.51. The highest BCUT2D eigenvalue weighted by molar-refractivity contribution is 6.22. The standard InChI is InChI=1S/C27H19NO5/c1-31-27(30)20-11-9-19(10-12-20)24-14-13-22(33-24)16-21-17-23(18-6-3-2-4-7-18)28(26(21)29)25-8-5-15-32-25/h2-17H,1H3/b21-16+. The van der Waals surface area contributed by atoms with Gasteiger partial charge in [0.1, 0.15) is 11.5 Å². The van der Waals surface area contributed by atoms with Gasteiger partial charge in [0, 0.05) is 17.2 Å². The van der Waals surface area contributed by atoms with E-state index in [1.807, 2.05) is 42.5 Å². The Bertz CT molecular complexity index is 1360. The molecule has 33 heavy (non-hydrogen) atoms. The molecule has 3 heterocycles. The molecular weight excluding hydrogens is 418 g/mol. The van der Waals surface area contributed by atoms with Crippen LogP contribution in [0.3, 0.4) is 0 Å². The number of anilines is 1. The number of rotatable bonds is 5. The molecule has 0 aliphatic carbocycles. The molecule has 4 aromatic rings. The number of hydrogen-bond donors (Lipinski definition) is 0. The Morgan fingerprint density at radius 3 is 2.39 bits per heavy atom. The maximum atomic E-state index is 13.3. The summed E-state index contributed by atoms with van der Waals surface area (Å²) in [7, 11) is 1.34. The van der Waals surface area contributed by atoms with E-state index in [0.717, 1.165) is 16.8 Å². The maximum Gasteiger partial charge on any atom is 0.337 e. The summed E-state index contributed by atoms with van der Waals surface area (Å²) in [6, 6.07) is 23.7. The van der Waals surface area contributed by atoms with Crippen LogP contribution in [0, 0.1) is 0 Å². The monoisotopic (exact) mass is 437 g/mol. The molecule has 0 saturated carbocycles. The number of methoxy groups -OCH3 is 1. The normalized spacial score (nSPS) is 14.6. The SMILES string of the molecule is COC(=O)c1ccc(-c2ccc(/C=C3\C=C(c4ccccc4)N(c4ccco4)C3=O)o2)cc1. The molecule has 0 unspecified atom stereocenters. The molecule has 0 bridgehead atoms. The predicted molar refractivity (Wildman–Crippen MR) is 124 cm³/mol. The van der Waals surface area contributed by atoms with Gasteiger partial charge in [-0.15, -0.1) is 0 Å². The van der Waals surface area contributed by atoms with E-state index in [4.69, 9.17) is 13.6 Å². The fourth-order valence-corrected chi connectivity index (χ4v) is 3.68. The summed E-state index contributed by atoms with van der Waals surface area (Å²) < 4.78 is 16.2. The van der Waals surface area contributed by atoms with Crippen molar-refractivity contribution < 1.29 is 23.2 Å². The van der Waals surface area contributed by atoms with E-state index in [9.17, 15) is 9.59 Å². The van der Waals surface area contributed by atoms with E-state index in [1.54, 1.807) is 53.4 Å². The zero-order chi connectivity index (χ0) is 22.8. The van der Waals surface area contributed by atoms with Crippen LogP contribution in [0.4, 0.5) is 5.88 Å². The van der Waals surface area contributed by atoms with Crippen molar-refractivity contribution in [3.05, 3.63) is 114 Å². The molecule has 2 aromatic carbocycles. The molecule has 162 valence electrons. The number of carbonyl (C=O) groups is 2. The van der Waals surface area contributed by atoms with E-state index in [0.29, 0.717) is 28.5 Å². The van der Waals surface area contributed by atoms with Gasteiger partial charge in [0.25, 0.3) is 5.91 Å². The Kier molecular flexibility index (Phi) is 5.24. The minimum atomic E-state index is -0.395. The molecule has 5 rings (SSSR count). The first-order valence-electron chi connectivity index (χ1n) is 10.3. The number of hydrogen-bond acceptors (Lipinski definition) is 5. The third-order valence-corrected chi connectivity index (χ3v) is 5.29. The molecule has 6 nitrogen and oxygen atoms in total. The van der Waals surface area contributed by atoms with Gasteiger partial charge in [-0.3, -0.25) is 4.79 Å². The van der Waals surface area contributed by atoms with Crippen LogP contribution in [-0.2, 0) is 9.53 Å². The Morgan fingerprint density at radius 2 is 1.70 bits per heavy atom. The molecule has 1 aliphatic rings. The molecule has 0 fully saturated rings. The van der Waals surface area contributed by atoms with Crippen LogP contribution in [0.5, 0.6) is 0 Å². The van der Waals surface area contributed by atoms with Crippen LogP contribution >= 0.6 is 0 Å². The van der Waals surface area contributed by atoms with Crippen LogP contribution in [-0.4, -0.2) is 19.0 Å². The van der Waals surface area contributed by atoms with Crippen LogP contribution in [0.2, 0.25) is 0 Å². The minimum Gasteiger partial charge on any atom is -0.465 e. The average molecular weight is 437 g/mol. The van der Waals surface area contributed by atoms with E-state index in [1.165, 1.54) is 13.4 Å². The highest BCUT2D eigenvalue weighted by Crippen LogP contribution is 2.35. The van der Waals surface area contributed by atoms with E-state index < -0.39 is 5.97 Å². The zero-order valence-corrected chi connectivity index (χ0v) is 17.7. The predicted octanol–water partition coefficient (Wildman–Crippen LogP) is 5.80. The van der Waals surface area contributed by atoms with Crippen LogP contribution in [0.15, 0.2) is 106 Å². The number of amides is 1. The first kappa shape index (κ1) is 20.3. The summed E-state index contributed by atoms with van der Waals surface area (Å²) in [6.45, 7) is 0. The molecule has 0 atom stereocenters. The number of benzene rings is 2. The van der Waals surface area contributed by atoms with Gasteiger partial charge in [-0.05, 0) is 48.0 Å². The van der Waals surface area contributed by atoms with Crippen molar-refractivity contribution >= 4 is 29.5 Å². The van der Waals surface area contributed by atoms with Crippen LogP contribution in [0.1, 0.15) is 21.7 Å². The first-order chi connectivity index (χ1) is 16.1. The maximum absolute atomic E-state index is 13.3. The van der Waals surface area contributed by atoms with Gasteiger partial charge in [-0.2, -0.15) is 0 Å². The number of carbonyl (C=O) groups excluding carboxylic acids is 2. The third-order valence-electron chi connectivity index (χ3n) is 5.29. The van der Waals surface area contributed by atoms with Crippen molar-refractivity contribution in [1.29, 1.82) is 0 Å². The van der Waals surface area contributed by atoms with Gasteiger partial charge in [0.05, 0.1) is 24.6 Å². The largest absolute Gasteiger partial charge is 0.465 e. The van der Waals surface area contributed by atoms with Gasteiger partial charge < -0.3 is 13.6 Å². The Balaban J connectivity index is 1.47. The summed E-state index contributed by atoms with van der Waals surface area (Å²) in [5.74, 6) is 1.01. The Hall–Kier alpha value is -4.58. The lowest BCUT2D eigenvalue weighted by molar-refractivity contribution is -0.113. The second-order valence-electron chi connectivity index (χ2n) is 7.36. The summed E-state index contributed by atoms with van der Waals surface area (Å²) in [4.78, 5) is 26.4. The number of ether oxygens (including phenoxy) is 1. The van der Waals surface area contributed by atoms with Crippen LogP contribution in [0.25, 0.3) is 23.1 Å². The average Bonchev–Trinajstić information content (AvgIpc) is 3.61. The van der Waals surface area contributed by atoms with E-state index in [-0.39, 0.29) is 5.91 Å². The molecule has 0 spiro atoms. The summed E-state index contributed by atoms with van der Waals surface area (Å²) in [6.07, 6.45) is 5.07. The van der Waals surface area contributed by atoms with Crippen molar-refractivity contribution in [2.45, 2.75) is 0 Å². The fraction of sp³-hybridized carbons (Fsp3) is 0.0370. The van der Waals surface area contributed by atoms with Crippen molar-refractivity contribution in [2.75, 3.05) is 12.0 Å². The minimum absolute atomic E-state index is 0.204. The Morgan fingerprint density at radius 1 is 0.909 bits per heavy atom. The lowest BCUT2D eigenvalue weighted by atomic mass is 10.1. The van der Waals surface area contributed by atoms with Crippen molar-refractivity contribution in [3.63, 3.8) is 0 Å². The molecular formula is C27H19NO5. The smallest absolute Gasteiger partial charge is 0.337 e. The van der Waals surface area contributed by atoms with Gasteiger partial charge >= 0.3 is 5.97 Å². The molecule has 1 aliphatic heterocycles. The summed E-state index contributed by atoms with van der Waals surface area (Å²) in [5.41, 5.74) is 3.38. The number of nitrogens with zero attached hydrogens (tertiary/aromatic N) is 1. The number of furan rings is 2. The van der Waals surface area contributed by atoms with Crippen LogP contribution < -0.4 is 4.90 Å². The quantitative estimate of drug-likeness (QED) is 0.292. The second-order valence-corrected chi connectivity index (χ2v) is 7.36. The van der Waals surface area contributed by atoms with E-state index in [2.05, 4.69) is 0 Å². The van der Waals surface area contributed by atoms with E-state index >= 15 is 0 Å². The zero-order valence-electron chi connectivity index (χ0n) is 17.7. The molecule has 2 aromatic heterocycles. The van der Waals surface area contributed by atoms with Gasteiger partial charge in [-0.25, -0.2) is 9.69 Å². The topological polar surface area (TPSA) is 72.9 Å². The van der Waals surface area contributed by atoms with Gasteiger partial charge in [0.2, 0.25) is 5.88 Å². The van der Waals surface area contributed by atoms with Gasteiger partial charge in [0.15, 0.2) is 0 Å². The third kappa shape index (κ3) is 3.90. The lowest BCUT2D eigenvalue weighted by Crippen LogP contribution is -2.24. The van der Waals surface area contributed by atoms with Crippen molar-refractivity contribution in [3.8, 4) is 11.3 Å². The highest BCUT2D eigenvalue weighted by Gasteiger charge is 2.32. The van der Waals surface area contributed by atoms with Crippen molar-refractivity contribution in [1.82, 2.24) is 0 Å². The molecule has 1 amide bonds. The Labute approximate surface area is 190 Å². The fourth-order valence-electron chi connectivity index (χ4n) is 3.68. The van der Waals surface area contributed by atoms with Crippen molar-refractivity contribution in [2.24, 2.45) is 0 Å². The summed E-state index contributed by atoms with van der Waals surface area (Å²) >= 11 is 0. The molecule has 0 saturated heterocycles. The summed E-state index contributed by atoms with van der Waals surface area (Å²) in [5, 5.41) is 0. The first-order valence-corrected chi connectivity index (χ1v) is 10.3. The lowest BCUT2D eigenvalue weighted by Gasteiger charge is -2.17. The highest BCUT2D eigenvalue weighted by atomic mass is 16.5. The molecule has 0 N–H and O–H groups in total.